The summed E-state index contributed by atoms with van der Waals surface area (Å²) in [6, 6.07) is 4.92. The van der Waals surface area contributed by atoms with Gasteiger partial charge < -0.3 is 15.2 Å². The second kappa shape index (κ2) is 5.43. The van der Waals surface area contributed by atoms with Crippen molar-refractivity contribution in [1.29, 1.82) is 0 Å². The normalized spacial score (nSPS) is 26.2. The maximum Gasteiger partial charge on any atom is 0.161 e. The summed E-state index contributed by atoms with van der Waals surface area (Å²) in [6.07, 6.45) is 5.23. The maximum absolute atomic E-state index is 5.85. The molecule has 1 aromatic carbocycles. The third-order valence-electron chi connectivity index (χ3n) is 5.77. The Bertz CT molecular complexity index is 566. The molecule has 120 valence electrons. The average molecular weight is 302 g/mol. The average Bonchev–Trinajstić information content (AvgIpc) is 3.01. The van der Waals surface area contributed by atoms with Gasteiger partial charge in [0, 0.05) is 31.1 Å². The van der Waals surface area contributed by atoms with Crippen LogP contribution in [-0.4, -0.2) is 37.7 Å². The molecular weight excluding hydrogens is 276 g/mol. The molecule has 1 spiro atoms. The summed E-state index contributed by atoms with van der Waals surface area (Å²) in [4.78, 5) is 2.56. The minimum atomic E-state index is 0.298. The van der Waals surface area contributed by atoms with E-state index in [0.717, 1.165) is 31.1 Å². The monoisotopic (exact) mass is 302 g/mol. The summed E-state index contributed by atoms with van der Waals surface area (Å²) >= 11 is 0. The van der Waals surface area contributed by atoms with Gasteiger partial charge in [-0.25, -0.2) is 0 Å². The van der Waals surface area contributed by atoms with Crippen LogP contribution in [0.3, 0.4) is 0 Å². The van der Waals surface area contributed by atoms with Gasteiger partial charge in [0.25, 0.3) is 0 Å². The van der Waals surface area contributed by atoms with Crippen molar-refractivity contribution in [3.8, 4) is 11.5 Å². The number of ether oxygens (including phenoxy) is 2. The highest BCUT2D eigenvalue weighted by Gasteiger charge is 2.44. The molecule has 0 saturated heterocycles. The van der Waals surface area contributed by atoms with Gasteiger partial charge in [0.05, 0.1) is 0 Å². The largest absolute Gasteiger partial charge is 0.486 e. The zero-order valence-electron chi connectivity index (χ0n) is 13.4. The molecular formula is C18H26N2O2. The van der Waals surface area contributed by atoms with E-state index in [1.165, 1.54) is 36.8 Å². The van der Waals surface area contributed by atoms with E-state index in [2.05, 4.69) is 24.0 Å². The second-order valence-corrected chi connectivity index (χ2v) is 7.01. The van der Waals surface area contributed by atoms with Crippen LogP contribution in [-0.2, 0) is 5.41 Å². The highest BCUT2D eigenvalue weighted by atomic mass is 16.6. The molecule has 0 radical (unpaired) electrons. The van der Waals surface area contributed by atoms with Gasteiger partial charge >= 0.3 is 0 Å². The summed E-state index contributed by atoms with van der Waals surface area (Å²) in [5, 5.41) is 0. The first-order valence-corrected chi connectivity index (χ1v) is 8.62. The van der Waals surface area contributed by atoms with Gasteiger partial charge in [-0.2, -0.15) is 0 Å². The van der Waals surface area contributed by atoms with Gasteiger partial charge in [0.1, 0.15) is 13.2 Å². The zero-order chi connectivity index (χ0) is 15.2. The van der Waals surface area contributed by atoms with Crippen molar-refractivity contribution in [2.75, 3.05) is 32.8 Å². The number of rotatable bonds is 2. The van der Waals surface area contributed by atoms with Gasteiger partial charge in [-0.3, -0.25) is 4.90 Å². The highest BCUT2D eigenvalue weighted by molar-refractivity contribution is 5.53. The molecule has 1 aliphatic carbocycles. The van der Waals surface area contributed by atoms with Crippen molar-refractivity contribution in [1.82, 2.24) is 4.90 Å². The number of nitrogens with two attached hydrogens (primary N) is 1. The number of benzene rings is 1. The van der Waals surface area contributed by atoms with Crippen LogP contribution in [0.2, 0.25) is 0 Å². The van der Waals surface area contributed by atoms with E-state index in [9.17, 15) is 0 Å². The molecule has 0 amide bonds. The first-order valence-electron chi connectivity index (χ1n) is 8.62. The van der Waals surface area contributed by atoms with E-state index < -0.39 is 0 Å². The third kappa shape index (κ3) is 2.12. The lowest BCUT2D eigenvalue weighted by Gasteiger charge is -2.46. The summed E-state index contributed by atoms with van der Waals surface area (Å²) in [7, 11) is 0. The number of hydrogen-bond acceptors (Lipinski definition) is 4. The summed E-state index contributed by atoms with van der Waals surface area (Å²) in [5.74, 6) is 1.86. The van der Waals surface area contributed by atoms with Crippen LogP contribution >= 0.6 is 0 Å². The summed E-state index contributed by atoms with van der Waals surface area (Å²) in [5.41, 5.74) is 9.08. The lowest BCUT2D eigenvalue weighted by atomic mass is 9.71. The molecule has 4 rings (SSSR count). The Morgan fingerprint density at radius 3 is 2.55 bits per heavy atom. The molecule has 0 aromatic heterocycles. The van der Waals surface area contributed by atoms with Crippen molar-refractivity contribution < 1.29 is 9.47 Å². The predicted molar refractivity (Wildman–Crippen MR) is 86.6 cm³/mol. The van der Waals surface area contributed by atoms with Crippen molar-refractivity contribution in [3.63, 3.8) is 0 Å². The van der Waals surface area contributed by atoms with Gasteiger partial charge in [0.15, 0.2) is 11.5 Å². The Hall–Kier alpha value is -1.26. The van der Waals surface area contributed by atoms with E-state index in [1.54, 1.807) is 0 Å². The Morgan fingerprint density at radius 2 is 1.86 bits per heavy atom. The lowest BCUT2D eigenvalue weighted by molar-refractivity contribution is 0.135. The van der Waals surface area contributed by atoms with Gasteiger partial charge in [-0.05, 0) is 43.0 Å². The van der Waals surface area contributed by atoms with Crippen LogP contribution in [0.1, 0.15) is 49.8 Å². The molecule has 4 nitrogen and oxygen atoms in total. The highest BCUT2D eigenvalue weighted by Crippen LogP contribution is 2.51. The molecule has 4 heteroatoms. The van der Waals surface area contributed by atoms with E-state index >= 15 is 0 Å². The quantitative estimate of drug-likeness (QED) is 0.912. The van der Waals surface area contributed by atoms with Crippen molar-refractivity contribution in [2.45, 2.75) is 44.1 Å². The van der Waals surface area contributed by atoms with E-state index in [4.69, 9.17) is 15.2 Å². The van der Waals surface area contributed by atoms with Crippen LogP contribution in [0, 0.1) is 0 Å². The smallest absolute Gasteiger partial charge is 0.161 e. The Morgan fingerprint density at radius 1 is 1.18 bits per heavy atom. The van der Waals surface area contributed by atoms with Gasteiger partial charge in [-0.15, -0.1) is 0 Å². The summed E-state index contributed by atoms with van der Waals surface area (Å²) in [6.45, 7) is 6.44. The van der Waals surface area contributed by atoms with Crippen LogP contribution in [0.5, 0.6) is 11.5 Å². The molecule has 2 heterocycles. The first kappa shape index (κ1) is 14.3. The Balaban J connectivity index is 1.83. The molecule has 1 aromatic rings. The van der Waals surface area contributed by atoms with Crippen LogP contribution in [0.25, 0.3) is 0 Å². The number of nitrogens with zero attached hydrogens (tertiary/aromatic N) is 1. The predicted octanol–water partition coefficient (Wildman–Crippen LogP) is 2.60. The maximum atomic E-state index is 5.85. The minimum Gasteiger partial charge on any atom is -0.486 e. The Kier molecular flexibility index (Phi) is 3.54. The topological polar surface area (TPSA) is 47.7 Å². The fourth-order valence-corrected chi connectivity index (χ4v) is 4.63. The molecule has 1 atom stereocenters. The van der Waals surface area contributed by atoms with E-state index in [-0.39, 0.29) is 0 Å². The third-order valence-corrected chi connectivity index (χ3v) is 5.77. The molecule has 1 fully saturated rings. The number of fused-ring (bicyclic) bond motifs is 3. The van der Waals surface area contributed by atoms with Crippen LogP contribution in [0.15, 0.2) is 12.1 Å². The molecule has 22 heavy (non-hydrogen) atoms. The fourth-order valence-electron chi connectivity index (χ4n) is 4.63. The summed E-state index contributed by atoms with van der Waals surface area (Å²) < 4.78 is 11.7. The van der Waals surface area contributed by atoms with E-state index in [0.29, 0.717) is 24.7 Å². The van der Waals surface area contributed by atoms with E-state index in [1.807, 2.05) is 0 Å². The standard InChI is InChI=1S/C18H26N2O2/c1-13-14-10-16-17(22-9-8-21-16)11-15(14)18(4-2-3-5-18)12-20(13)7-6-19/h10-11,13H,2-9,12,19H2,1H3/t13-/m1/s1. The zero-order valence-corrected chi connectivity index (χ0v) is 13.4. The molecule has 3 aliphatic rings. The van der Waals surface area contributed by atoms with Crippen molar-refractivity contribution in [3.05, 3.63) is 23.3 Å². The van der Waals surface area contributed by atoms with Crippen molar-refractivity contribution in [2.24, 2.45) is 5.73 Å². The molecule has 1 saturated carbocycles. The molecule has 0 bridgehead atoms. The second-order valence-electron chi connectivity index (χ2n) is 7.01. The fraction of sp³-hybridized carbons (Fsp3) is 0.667. The van der Waals surface area contributed by atoms with Gasteiger partial charge in [0.2, 0.25) is 0 Å². The van der Waals surface area contributed by atoms with Gasteiger partial charge in [-0.1, -0.05) is 12.8 Å². The lowest BCUT2D eigenvalue weighted by Crippen LogP contribution is -2.47. The Labute approximate surface area is 132 Å². The minimum absolute atomic E-state index is 0.298. The first-order chi connectivity index (χ1) is 10.7. The molecule has 2 aliphatic heterocycles. The molecule has 0 unspecified atom stereocenters. The molecule has 2 N–H and O–H groups in total. The van der Waals surface area contributed by atoms with Crippen LogP contribution in [0.4, 0.5) is 0 Å². The van der Waals surface area contributed by atoms with Crippen LogP contribution < -0.4 is 15.2 Å². The number of hydrogen-bond donors (Lipinski definition) is 1. The SMILES string of the molecule is C[C@@H]1c2cc3c(cc2C2(CCCC2)CN1CCN)OCCO3. The van der Waals surface area contributed by atoms with Crippen molar-refractivity contribution >= 4 is 0 Å².